The van der Waals surface area contributed by atoms with Crippen LogP contribution < -0.4 is 14.2 Å². The molecule has 0 spiro atoms. The Morgan fingerprint density at radius 2 is 1.75 bits per heavy atom. The largest absolute Gasteiger partial charge is 0.497 e. The van der Waals surface area contributed by atoms with Crippen molar-refractivity contribution in [3.8, 4) is 11.5 Å². The van der Waals surface area contributed by atoms with Crippen LogP contribution in [0.15, 0.2) is 71.6 Å². The van der Waals surface area contributed by atoms with Crippen LogP contribution in [0.25, 0.3) is 0 Å². The van der Waals surface area contributed by atoms with Gasteiger partial charge in [-0.15, -0.1) is 0 Å². The summed E-state index contributed by atoms with van der Waals surface area (Å²) in [5.41, 5.74) is 1.28. The van der Waals surface area contributed by atoms with Gasteiger partial charge >= 0.3 is 0 Å². The highest BCUT2D eigenvalue weighted by Crippen LogP contribution is 2.27. The van der Waals surface area contributed by atoms with Crippen LogP contribution in [-0.2, 0) is 16.6 Å². The fourth-order valence-electron chi connectivity index (χ4n) is 3.07. The molecule has 0 radical (unpaired) electrons. The smallest absolute Gasteiger partial charge is 0.261 e. The second-order valence-corrected chi connectivity index (χ2v) is 9.04. The van der Waals surface area contributed by atoms with Crippen molar-refractivity contribution in [1.82, 2.24) is 4.90 Å². The summed E-state index contributed by atoms with van der Waals surface area (Å²) in [4.78, 5) is 14.4. The maximum atomic E-state index is 13.0. The fraction of sp³-hybridized carbons (Fsp3) is 0.174. The van der Waals surface area contributed by atoms with Crippen molar-refractivity contribution < 1.29 is 22.7 Å². The number of carbonyl (C=O) groups is 1. The number of amides is 1. The number of carbonyl (C=O) groups excluding carboxylic acids is 1. The molecule has 1 N–H and O–H groups in total. The standard InChI is InChI=1S/C23H23ClN2O5S/c1-26(15-17-11-12-18(30-2)14-22(17)31-3)23(27)16-7-6-8-19(13-16)32(28,29)25-21-10-5-4-9-20(21)24/h4-14,25H,15H2,1-3H3. The maximum Gasteiger partial charge on any atom is 0.261 e. The summed E-state index contributed by atoms with van der Waals surface area (Å²) in [5.74, 6) is 0.894. The molecule has 1 amide bonds. The maximum absolute atomic E-state index is 13.0. The first-order valence-corrected chi connectivity index (χ1v) is 11.4. The first kappa shape index (κ1) is 23.4. The highest BCUT2D eigenvalue weighted by atomic mass is 35.5. The van der Waals surface area contributed by atoms with Crippen molar-refractivity contribution in [1.29, 1.82) is 0 Å². The molecule has 0 aliphatic rings. The van der Waals surface area contributed by atoms with E-state index < -0.39 is 10.0 Å². The van der Waals surface area contributed by atoms with Crippen molar-refractivity contribution in [2.24, 2.45) is 0 Å². The summed E-state index contributed by atoms with van der Waals surface area (Å²) in [5, 5.41) is 0.275. The normalized spacial score (nSPS) is 11.0. The van der Waals surface area contributed by atoms with Crippen LogP contribution in [0.1, 0.15) is 15.9 Å². The number of sulfonamides is 1. The van der Waals surface area contributed by atoms with Gasteiger partial charge in [0.2, 0.25) is 0 Å². The Morgan fingerprint density at radius 3 is 2.44 bits per heavy atom. The molecule has 0 atom stereocenters. The number of ether oxygens (including phenoxy) is 2. The molecule has 0 saturated heterocycles. The molecule has 0 fully saturated rings. The molecule has 32 heavy (non-hydrogen) atoms. The van der Waals surface area contributed by atoms with Crippen LogP contribution in [0.4, 0.5) is 5.69 Å². The molecule has 0 saturated carbocycles. The molecule has 3 aromatic rings. The van der Waals surface area contributed by atoms with E-state index in [0.717, 1.165) is 5.56 Å². The lowest BCUT2D eigenvalue weighted by molar-refractivity contribution is 0.0784. The monoisotopic (exact) mass is 474 g/mol. The van der Waals surface area contributed by atoms with Crippen LogP contribution in [-0.4, -0.2) is 40.5 Å². The third kappa shape index (κ3) is 5.33. The number of para-hydroxylation sites is 1. The molecule has 0 aromatic heterocycles. The van der Waals surface area contributed by atoms with Gasteiger partial charge < -0.3 is 14.4 Å². The number of nitrogens with zero attached hydrogens (tertiary/aromatic N) is 1. The topological polar surface area (TPSA) is 84.9 Å². The number of hydrogen-bond donors (Lipinski definition) is 1. The third-order valence-corrected chi connectivity index (χ3v) is 6.45. The molecule has 9 heteroatoms. The van der Waals surface area contributed by atoms with Crippen LogP contribution in [0, 0.1) is 0 Å². The van der Waals surface area contributed by atoms with Gasteiger partial charge in [0.25, 0.3) is 15.9 Å². The van der Waals surface area contributed by atoms with Crippen molar-refractivity contribution in [2.45, 2.75) is 11.4 Å². The molecule has 3 rings (SSSR count). The summed E-state index contributed by atoms with van der Waals surface area (Å²) in [6.45, 7) is 0.265. The van der Waals surface area contributed by atoms with Gasteiger partial charge in [-0.25, -0.2) is 8.42 Å². The summed E-state index contributed by atoms with van der Waals surface area (Å²) in [6, 6.07) is 17.7. The van der Waals surface area contributed by atoms with E-state index in [9.17, 15) is 13.2 Å². The number of halogens is 1. The quantitative estimate of drug-likeness (QED) is 0.522. The van der Waals surface area contributed by atoms with E-state index in [4.69, 9.17) is 21.1 Å². The fourth-order valence-corrected chi connectivity index (χ4v) is 4.44. The summed E-state index contributed by atoms with van der Waals surface area (Å²) in [7, 11) is 0.804. The van der Waals surface area contributed by atoms with Gasteiger partial charge in [-0.05, 0) is 42.5 Å². The molecule has 7 nitrogen and oxygen atoms in total. The summed E-state index contributed by atoms with van der Waals surface area (Å²) < 4.78 is 38.7. The molecule has 3 aromatic carbocycles. The number of rotatable bonds is 8. The van der Waals surface area contributed by atoms with Crippen LogP contribution >= 0.6 is 11.6 Å². The van der Waals surface area contributed by atoms with Gasteiger partial charge in [0.1, 0.15) is 11.5 Å². The number of benzene rings is 3. The minimum atomic E-state index is -3.93. The predicted molar refractivity (Wildman–Crippen MR) is 124 cm³/mol. The molecule has 0 aliphatic carbocycles. The molecule has 0 bridgehead atoms. The van der Waals surface area contributed by atoms with Gasteiger partial charge in [0.15, 0.2) is 0 Å². The molecular weight excluding hydrogens is 452 g/mol. The molecule has 168 valence electrons. The molecule has 0 unspecified atom stereocenters. The van der Waals surface area contributed by atoms with Crippen LogP contribution in [0.2, 0.25) is 5.02 Å². The Kier molecular flexibility index (Phi) is 7.27. The second kappa shape index (κ2) is 9.93. The SMILES string of the molecule is COc1ccc(CN(C)C(=O)c2cccc(S(=O)(=O)Nc3ccccc3Cl)c2)c(OC)c1. The van der Waals surface area contributed by atoms with Crippen molar-refractivity contribution in [2.75, 3.05) is 26.0 Å². The average Bonchev–Trinajstić information content (AvgIpc) is 2.80. The van der Waals surface area contributed by atoms with Crippen LogP contribution in [0.5, 0.6) is 11.5 Å². The molecule has 0 heterocycles. The van der Waals surface area contributed by atoms with E-state index in [-0.39, 0.29) is 33.6 Å². The first-order chi connectivity index (χ1) is 15.2. The lowest BCUT2D eigenvalue weighted by Crippen LogP contribution is -2.26. The Bertz CT molecular complexity index is 1230. The van der Waals surface area contributed by atoms with E-state index in [1.54, 1.807) is 63.7 Å². The first-order valence-electron chi connectivity index (χ1n) is 9.59. The second-order valence-electron chi connectivity index (χ2n) is 6.95. The number of anilines is 1. The van der Waals surface area contributed by atoms with Gasteiger partial charge in [0, 0.05) is 30.8 Å². The zero-order valence-corrected chi connectivity index (χ0v) is 19.4. The van der Waals surface area contributed by atoms with Gasteiger partial charge in [0.05, 0.1) is 29.8 Å². The van der Waals surface area contributed by atoms with E-state index >= 15 is 0 Å². The summed E-state index contributed by atoms with van der Waals surface area (Å²) >= 11 is 6.06. The lowest BCUT2D eigenvalue weighted by atomic mass is 10.1. The predicted octanol–water partition coefficient (Wildman–Crippen LogP) is 4.43. The minimum Gasteiger partial charge on any atom is -0.497 e. The van der Waals surface area contributed by atoms with Gasteiger partial charge in [-0.3, -0.25) is 9.52 Å². The Morgan fingerprint density at radius 1 is 1.00 bits per heavy atom. The molecule has 0 aliphatic heterocycles. The highest BCUT2D eigenvalue weighted by molar-refractivity contribution is 7.92. The van der Waals surface area contributed by atoms with E-state index in [1.165, 1.54) is 23.1 Å². The van der Waals surface area contributed by atoms with E-state index in [0.29, 0.717) is 11.5 Å². The Balaban J connectivity index is 1.81. The highest BCUT2D eigenvalue weighted by Gasteiger charge is 2.20. The van der Waals surface area contributed by atoms with Crippen molar-refractivity contribution >= 4 is 33.2 Å². The number of nitrogens with one attached hydrogen (secondary N) is 1. The third-order valence-electron chi connectivity index (χ3n) is 4.76. The Hall–Kier alpha value is -3.23. The Labute approximate surface area is 192 Å². The van der Waals surface area contributed by atoms with Crippen molar-refractivity contribution in [3.05, 3.63) is 82.9 Å². The number of hydrogen-bond acceptors (Lipinski definition) is 5. The number of methoxy groups -OCH3 is 2. The van der Waals surface area contributed by atoms with Crippen molar-refractivity contribution in [3.63, 3.8) is 0 Å². The average molecular weight is 475 g/mol. The van der Waals surface area contributed by atoms with Gasteiger partial charge in [-0.2, -0.15) is 0 Å². The van der Waals surface area contributed by atoms with Crippen LogP contribution in [0.3, 0.4) is 0 Å². The molecular formula is C23H23ClN2O5S. The van der Waals surface area contributed by atoms with Gasteiger partial charge in [-0.1, -0.05) is 29.8 Å². The zero-order chi connectivity index (χ0) is 23.3. The zero-order valence-electron chi connectivity index (χ0n) is 17.8. The van der Waals surface area contributed by atoms with E-state index in [2.05, 4.69) is 4.72 Å². The lowest BCUT2D eigenvalue weighted by Gasteiger charge is -2.20. The minimum absolute atomic E-state index is 0.0429. The summed E-state index contributed by atoms with van der Waals surface area (Å²) in [6.07, 6.45) is 0. The van der Waals surface area contributed by atoms with E-state index in [1.807, 2.05) is 6.07 Å².